The molecule has 110 valence electrons. The Balaban J connectivity index is 1.77. The molecule has 21 heavy (non-hydrogen) atoms. The molecular weight excluding hydrogens is 266 g/mol. The summed E-state index contributed by atoms with van der Waals surface area (Å²) in [5.74, 6) is -0.740. The van der Waals surface area contributed by atoms with Gasteiger partial charge in [0.2, 0.25) is 0 Å². The minimum atomic E-state index is -0.755. The zero-order valence-corrected chi connectivity index (χ0v) is 12.1. The highest BCUT2D eigenvalue weighted by atomic mass is 16.4. The summed E-state index contributed by atoms with van der Waals surface area (Å²) in [4.78, 5) is 13.5. The molecule has 0 radical (unpaired) electrons. The van der Waals surface area contributed by atoms with E-state index in [1.807, 2.05) is 59.2 Å². The van der Waals surface area contributed by atoms with E-state index in [9.17, 15) is 9.90 Å². The first-order valence-corrected chi connectivity index (χ1v) is 7.17. The minimum absolute atomic E-state index is 0.621. The molecule has 0 spiro atoms. The fraction of sp³-hybridized carbons (Fsp3) is 0.375. The van der Waals surface area contributed by atoms with Gasteiger partial charge in [-0.25, -0.2) is 4.68 Å². The summed E-state index contributed by atoms with van der Waals surface area (Å²) in [5.41, 5.74) is 1.29. The van der Waals surface area contributed by atoms with Gasteiger partial charge in [0.05, 0.1) is 11.9 Å². The molecule has 1 aromatic carbocycles. The zero-order valence-electron chi connectivity index (χ0n) is 12.1. The van der Waals surface area contributed by atoms with E-state index in [1.54, 1.807) is 0 Å². The maximum atomic E-state index is 11.5. The molecule has 0 aliphatic carbocycles. The van der Waals surface area contributed by atoms with Gasteiger partial charge in [-0.1, -0.05) is 18.2 Å². The highest BCUT2D eigenvalue weighted by molar-refractivity contribution is 5.78. The molecule has 1 fully saturated rings. The second-order valence-electron chi connectivity index (χ2n) is 5.73. The second-order valence-corrected chi connectivity index (χ2v) is 5.73. The molecule has 3 rings (SSSR count). The van der Waals surface area contributed by atoms with Crippen LogP contribution in [0.25, 0.3) is 5.69 Å². The van der Waals surface area contributed by atoms with E-state index in [1.165, 1.54) is 0 Å². The largest absolute Gasteiger partial charge is 0.480 e. The number of benzene rings is 1. The molecule has 2 aromatic rings. The van der Waals surface area contributed by atoms with E-state index in [0.717, 1.165) is 24.2 Å². The lowest BCUT2D eigenvalue weighted by atomic mass is 9.99. The monoisotopic (exact) mass is 285 g/mol. The molecule has 1 unspecified atom stereocenters. The van der Waals surface area contributed by atoms with Crippen LogP contribution in [0, 0.1) is 0 Å². The number of nitrogens with zero attached hydrogens (tertiary/aromatic N) is 3. The Bertz CT molecular complexity index is 638. The number of hydrogen-bond acceptors (Lipinski definition) is 3. The second kappa shape index (κ2) is 5.33. The highest BCUT2D eigenvalue weighted by Crippen LogP contribution is 2.30. The van der Waals surface area contributed by atoms with Crippen LogP contribution in [0.1, 0.15) is 25.3 Å². The number of carboxylic acids is 1. The number of aromatic nitrogens is 2. The Hall–Kier alpha value is -2.14. The number of hydrogen-bond donors (Lipinski definition) is 1. The summed E-state index contributed by atoms with van der Waals surface area (Å²) >= 11 is 0. The number of carboxylic acid groups (broad SMARTS) is 1. The number of likely N-dealkylation sites (tertiary alicyclic amines) is 1. The molecule has 1 saturated heterocycles. The summed E-state index contributed by atoms with van der Waals surface area (Å²) in [5, 5.41) is 13.8. The average molecular weight is 285 g/mol. The Morgan fingerprint density at radius 2 is 2.14 bits per heavy atom. The van der Waals surface area contributed by atoms with E-state index in [4.69, 9.17) is 0 Å². The third kappa shape index (κ3) is 2.56. The first kappa shape index (κ1) is 13.8. The Morgan fingerprint density at radius 3 is 2.86 bits per heavy atom. The molecule has 1 aliphatic heterocycles. The van der Waals surface area contributed by atoms with Crippen LogP contribution in [0.15, 0.2) is 42.7 Å². The lowest BCUT2D eigenvalue weighted by Crippen LogP contribution is -2.47. The van der Waals surface area contributed by atoms with Crippen molar-refractivity contribution in [1.29, 1.82) is 0 Å². The minimum Gasteiger partial charge on any atom is -0.480 e. The molecule has 1 N–H and O–H groups in total. The smallest absolute Gasteiger partial charge is 0.323 e. The van der Waals surface area contributed by atoms with Crippen LogP contribution in [0.3, 0.4) is 0 Å². The van der Waals surface area contributed by atoms with Gasteiger partial charge < -0.3 is 5.11 Å². The first-order valence-electron chi connectivity index (χ1n) is 7.17. The number of para-hydroxylation sites is 1. The molecule has 5 heteroatoms. The van der Waals surface area contributed by atoms with Crippen LogP contribution in [-0.2, 0) is 11.3 Å². The van der Waals surface area contributed by atoms with Crippen molar-refractivity contribution in [2.45, 2.75) is 31.8 Å². The molecule has 0 saturated carbocycles. The lowest BCUT2D eigenvalue weighted by Gasteiger charge is -2.30. The van der Waals surface area contributed by atoms with Gasteiger partial charge in [0, 0.05) is 18.3 Å². The molecule has 1 aliphatic rings. The summed E-state index contributed by atoms with van der Waals surface area (Å²) in [6.45, 7) is 3.25. The Morgan fingerprint density at radius 1 is 1.38 bits per heavy atom. The molecule has 5 nitrogen and oxygen atoms in total. The van der Waals surface area contributed by atoms with Crippen LogP contribution in [0.4, 0.5) is 0 Å². The number of aliphatic carboxylic acids is 1. The predicted octanol–water partition coefficient (Wildman–Crippen LogP) is 2.31. The standard InChI is InChI=1S/C16H19N3O2/c1-16(15(20)21)8-5-9-18(16)11-13-10-17-19(12-13)14-6-3-2-4-7-14/h2-4,6-7,10,12H,5,8-9,11H2,1H3,(H,20,21). The number of rotatable bonds is 4. The van der Waals surface area contributed by atoms with Crippen molar-refractivity contribution in [1.82, 2.24) is 14.7 Å². The van der Waals surface area contributed by atoms with Gasteiger partial charge in [0.1, 0.15) is 5.54 Å². The maximum absolute atomic E-state index is 11.5. The van der Waals surface area contributed by atoms with Crippen molar-refractivity contribution in [3.63, 3.8) is 0 Å². The Labute approximate surface area is 123 Å². The van der Waals surface area contributed by atoms with E-state index in [0.29, 0.717) is 13.0 Å². The fourth-order valence-electron chi connectivity index (χ4n) is 2.90. The van der Waals surface area contributed by atoms with Gasteiger partial charge in [0.15, 0.2) is 0 Å². The normalized spacial score (nSPS) is 22.5. The van der Waals surface area contributed by atoms with Gasteiger partial charge in [-0.2, -0.15) is 5.10 Å². The summed E-state index contributed by atoms with van der Waals surface area (Å²) in [7, 11) is 0. The summed E-state index contributed by atoms with van der Waals surface area (Å²) in [6.07, 6.45) is 5.41. The number of carbonyl (C=O) groups is 1. The van der Waals surface area contributed by atoms with Crippen LogP contribution >= 0.6 is 0 Å². The molecular formula is C16H19N3O2. The van der Waals surface area contributed by atoms with E-state index in [2.05, 4.69) is 5.10 Å². The summed E-state index contributed by atoms with van der Waals surface area (Å²) < 4.78 is 1.82. The molecule has 1 atom stereocenters. The highest BCUT2D eigenvalue weighted by Gasteiger charge is 2.43. The van der Waals surface area contributed by atoms with Crippen LogP contribution < -0.4 is 0 Å². The molecule has 0 amide bonds. The topological polar surface area (TPSA) is 58.4 Å². The lowest BCUT2D eigenvalue weighted by molar-refractivity contribution is -0.148. The van der Waals surface area contributed by atoms with Crippen LogP contribution in [0.5, 0.6) is 0 Å². The van der Waals surface area contributed by atoms with Gasteiger partial charge in [0.25, 0.3) is 0 Å². The van der Waals surface area contributed by atoms with Gasteiger partial charge in [-0.05, 0) is 38.4 Å². The van der Waals surface area contributed by atoms with Crippen molar-refractivity contribution >= 4 is 5.97 Å². The van der Waals surface area contributed by atoms with Crippen molar-refractivity contribution in [2.75, 3.05) is 6.54 Å². The van der Waals surface area contributed by atoms with Crippen LogP contribution in [0.2, 0.25) is 0 Å². The summed E-state index contributed by atoms with van der Waals surface area (Å²) in [6, 6.07) is 9.90. The van der Waals surface area contributed by atoms with Crippen molar-refractivity contribution in [3.8, 4) is 5.69 Å². The third-order valence-electron chi connectivity index (χ3n) is 4.28. The average Bonchev–Trinajstić information content (AvgIpc) is 3.09. The molecule has 1 aromatic heterocycles. The predicted molar refractivity (Wildman–Crippen MR) is 79.2 cm³/mol. The van der Waals surface area contributed by atoms with E-state index >= 15 is 0 Å². The van der Waals surface area contributed by atoms with Crippen molar-refractivity contribution in [3.05, 3.63) is 48.3 Å². The molecule has 0 bridgehead atoms. The molecule has 2 heterocycles. The fourth-order valence-corrected chi connectivity index (χ4v) is 2.90. The Kier molecular flexibility index (Phi) is 3.51. The van der Waals surface area contributed by atoms with E-state index < -0.39 is 11.5 Å². The third-order valence-corrected chi connectivity index (χ3v) is 4.28. The van der Waals surface area contributed by atoms with Crippen molar-refractivity contribution < 1.29 is 9.90 Å². The first-order chi connectivity index (χ1) is 10.1. The van der Waals surface area contributed by atoms with Gasteiger partial charge in [-0.3, -0.25) is 9.69 Å². The zero-order chi connectivity index (χ0) is 14.9. The van der Waals surface area contributed by atoms with E-state index in [-0.39, 0.29) is 0 Å². The van der Waals surface area contributed by atoms with Gasteiger partial charge in [-0.15, -0.1) is 0 Å². The van der Waals surface area contributed by atoms with Gasteiger partial charge >= 0.3 is 5.97 Å². The van der Waals surface area contributed by atoms with Crippen molar-refractivity contribution in [2.24, 2.45) is 0 Å². The quantitative estimate of drug-likeness (QED) is 0.936. The van der Waals surface area contributed by atoms with Crippen LogP contribution in [-0.4, -0.2) is 37.8 Å². The SMILES string of the molecule is CC1(C(=O)O)CCCN1Cc1cnn(-c2ccccc2)c1. The maximum Gasteiger partial charge on any atom is 0.323 e.